The summed E-state index contributed by atoms with van der Waals surface area (Å²) in [4.78, 5) is 11.7. The third-order valence-electron chi connectivity index (χ3n) is 6.99. The molecule has 0 heterocycles. The molecule has 1 N–H and O–H groups in total. The molecule has 0 saturated heterocycles. The first kappa shape index (κ1) is 18.4. The summed E-state index contributed by atoms with van der Waals surface area (Å²) in [6.07, 6.45) is 8.14. The topological polar surface area (TPSA) is 46.5 Å². The number of rotatable bonds is 2. The Morgan fingerprint density at radius 3 is 2.60 bits per heavy atom. The molecule has 0 radical (unpaired) electrons. The van der Waals surface area contributed by atoms with Crippen LogP contribution in [0.2, 0.25) is 0 Å². The van der Waals surface area contributed by atoms with E-state index in [1.165, 1.54) is 18.1 Å². The second kappa shape index (κ2) is 5.84. The first-order chi connectivity index (χ1) is 11.5. The zero-order valence-corrected chi connectivity index (χ0v) is 16.3. The maximum atomic E-state index is 11.9. The summed E-state index contributed by atoms with van der Waals surface area (Å²) in [6, 6.07) is 0. The van der Waals surface area contributed by atoms with E-state index in [9.17, 15) is 9.90 Å². The van der Waals surface area contributed by atoms with Crippen molar-refractivity contribution in [2.75, 3.05) is 0 Å². The minimum absolute atomic E-state index is 0.0762. The Morgan fingerprint density at radius 1 is 1.32 bits per heavy atom. The SMILES string of the molecule is C=C1CC[C@H](OC(C)=O)[C@@]2(C)CC=C3C(C(C)C)=CC[C@]3(C)C[C@]12O. The van der Waals surface area contributed by atoms with Gasteiger partial charge >= 0.3 is 5.97 Å². The van der Waals surface area contributed by atoms with Crippen molar-refractivity contribution in [3.05, 3.63) is 35.5 Å². The van der Waals surface area contributed by atoms with Gasteiger partial charge in [0.05, 0.1) is 5.60 Å². The van der Waals surface area contributed by atoms with Crippen molar-refractivity contribution in [3.63, 3.8) is 0 Å². The molecule has 0 aromatic heterocycles. The van der Waals surface area contributed by atoms with Crippen LogP contribution in [0.1, 0.15) is 66.7 Å². The maximum absolute atomic E-state index is 11.9. The molecule has 0 aliphatic heterocycles. The van der Waals surface area contributed by atoms with Gasteiger partial charge in [-0.3, -0.25) is 4.79 Å². The monoisotopic (exact) mass is 344 g/mol. The number of fused-ring (bicyclic) bond motifs is 2. The molecule has 4 atom stereocenters. The third-order valence-corrected chi connectivity index (χ3v) is 6.99. The van der Waals surface area contributed by atoms with Crippen LogP contribution in [0.4, 0.5) is 0 Å². The number of esters is 1. The van der Waals surface area contributed by atoms with Gasteiger partial charge in [-0.05, 0) is 60.2 Å². The largest absolute Gasteiger partial charge is 0.462 e. The standard InChI is InChI=1S/C22H32O3/c1-14(2)17-9-11-20(5)13-22(24)15(3)7-8-19(25-16(4)23)21(22,6)12-10-18(17)20/h9-10,14,19,24H,3,7-8,11-13H2,1-2,4-6H3/t19-,20+,21+,22-/m0/s1. The smallest absolute Gasteiger partial charge is 0.302 e. The Kier molecular flexibility index (Phi) is 4.31. The van der Waals surface area contributed by atoms with Crippen molar-refractivity contribution >= 4 is 5.97 Å². The number of hydrogen-bond donors (Lipinski definition) is 1. The van der Waals surface area contributed by atoms with Crippen LogP contribution in [0.3, 0.4) is 0 Å². The molecule has 1 saturated carbocycles. The van der Waals surface area contributed by atoms with Crippen LogP contribution in [0.15, 0.2) is 35.5 Å². The molecule has 0 unspecified atom stereocenters. The number of allylic oxidation sites excluding steroid dienone is 4. The van der Waals surface area contributed by atoms with Gasteiger partial charge < -0.3 is 9.84 Å². The Balaban J connectivity index is 2.08. The minimum atomic E-state index is -1.02. The zero-order chi connectivity index (χ0) is 18.6. The van der Waals surface area contributed by atoms with Crippen molar-refractivity contribution in [2.24, 2.45) is 16.7 Å². The van der Waals surface area contributed by atoms with Gasteiger partial charge in [-0.15, -0.1) is 0 Å². The van der Waals surface area contributed by atoms with E-state index in [-0.39, 0.29) is 17.5 Å². The highest BCUT2D eigenvalue weighted by atomic mass is 16.5. The second-order valence-corrected chi connectivity index (χ2v) is 9.10. The summed E-state index contributed by atoms with van der Waals surface area (Å²) < 4.78 is 5.68. The predicted octanol–water partition coefficient (Wildman–Crippen LogP) is 4.72. The highest BCUT2D eigenvalue weighted by Gasteiger charge is 2.60. The Hall–Kier alpha value is -1.35. The minimum Gasteiger partial charge on any atom is -0.462 e. The molecule has 138 valence electrons. The molecular formula is C22H32O3. The van der Waals surface area contributed by atoms with Crippen molar-refractivity contribution in [1.29, 1.82) is 0 Å². The van der Waals surface area contributed by atoms with Crippen LogP contribution in [0.25, 0.3) is 0 Å². The molecule has 0 amide bonds. The van der Waals surface area contributed by atoms with Gasteiger partial charge in [-0.1, -0.05) is 46.4 Å². The quantitative estimate of drug-likeness (QED) is 0.582. The van der Waals surface area contributed by atoms with E-state index in [4.69, 9.17) is 4.74 Å². The Morgan fingerprint density at radius 2 is 2.00 bits per heavy atom. The third kappa shape index (κ3) is 2.63. The van der Waals surface area contributed by atoms with Crippen LogP contribution in [-0.2, 0) is 9.53 Å². The number of ether oxygens (including phenoxy) is 1. The van der Waals surface area contributed by atoms with Gasteiger partial charge in [0.25, 0.3) is 0 Å². The first-order valence-electron chi connectivity index (χ1n) is 9.52. The molecule has 3 aliphatic rings. The fraction of sp³-hybridized carbons (Fsp3) is 0.682. The molecule has 1 fully saturated rings. The normalized spacial score (nSPS) is 40.8. The summed E-state index contributed by atoms with van der Waals surface area (Å²) in [5, 5.41) is 11.9. The molecule has 3 heteroatoms. The van der Waals surface area contributed by atoms with E-state index in [2.05, 4.69) is 46.4 Å². The van der Waals surface area contributed by atoms with E-state index in [0.29, 0.717) is 25.2 Å². The summed E-state index contributed by atoms with van der Waals surface area (Å²) in [6.45, 7) is 14.5. The molecule has 0 spiro atoms. The molecular weight excluding hydrogens is 312 g/mol. The zero-order valence-electron chi connectivity index (χ0n) is 16.3. The summed E-state index contributed by atoms with van der Waals surface area (Å²) in [7, 11) is 0. The Bertz CT molecular complexity index is 671. The number of carbonyl (C=O) groups is 1. The van der Waals surface area contributed by atoms with Gasteiger partial charge in [0, 0.05) is 12.3 Å². The van der Waals surface area contributed by atoms with E-state index in [1.54, 1.807) is 0 Å². The molecule has 3 nitrogen and oxygen atoms in total. The van der Waals surface area contributed by atoms with Crippen molar-refractivity contribution < 1.29 is 14.6 Å². The lowest BCUT2D eigenvalue weighted by Crippen LogP contribution is -2.59. The number of carbonyl (C=O) groups excluding carboxylic acids is 1. The molecule has 0 bridgehead atoms. The van der Waals surface area contributed by atoms with E-state index >= 15 is 0 Å². The molecule has 0 aromatic carbocycles. The summed E-state index contributed by atoms with van der Waals surface area (Å²) in [5.41, 5.74) is 2.05. The molecule has 0 aromatic rings. The van der Waals surface area contributed by atoms with Crippen LogP contribution in [-0.4, -0.2) is 22.8 Å². The van der Waals surface area contributed by atoms with Crippen LogP contribution >= 0.6 is 0 Å². The maximum Gasteiger partial charge on any atom is 0.302 e. The van der Waals surface area contributed by atoms with Crippen LogP contribution in [0, 0.1) is 16.7 Å². The van der Waals surface area contributed by atoms with Crippen LogP contribution < -0.4 is 0 Å². The molecule has 25 heavy (non-hydrogen) atoms. The lowest BCUT2D eigenvalue weighted by Gasteiger charge is -2.54. The van der Waals surface area contributed by atoms with Crippen molar-refractivity contribution in [2.45, 2.75) is 78.4 Å². The average Bonchev–Trinajstić information content (AvgIpc) is 2.78. The van der Waals surface area contributed by atoms with E-state index < -0.39 is 11.0 Å². The fourth-order valence-electron chi connectivity index (χ4n) is 5.38. The number of hydrogen-bond acceptors (Lipinski definition) is 3. The lowest BCUT2D eigenvalue weighted by molar-refractivity contribution is -0.179. The fourth-order valence-corrected chi connectivity index (χ4v) is 5.38. The lowest BCUT2D eigenvalue weighted by atomic mass is 9.56. The van der Waals surface area contributed by atoms with Gasteiger partial charge in [0.2, 0.25) is 0 Å². The van der Waals surface area contributed by atoms with Gasteiger partial charge in [0.15, 0.2) is 0 Å². The van der Waals surface area contributed by atoms with Crippen molar-refractivity contribution in [1.82, 2.24) is 0 Å². The van der Waals surface area contributed by atoms with E-state index in [1.807, 2.05) is 0 Å². The van der Waals surface area contributed by atoms with Crippen molar-refractivity contribution in [3.8, 4) is 0 Å². The highest BCUT2D eigenvalue weighted by Crippen LogP contribution is 2.61. The highest BCUT2D eigenvalue weighted by molar-refractivity contribution is 5.66. The first-order valence-corrected chi connectivity index (χ1v) is 9.52. The number of aliphatic hydroxyl groups is 1. The molecule has 3 aliphatic carbocycles. The summed E-state index contributed by atoms with van der Waals surface area (Å²) >= 11 is 0. The summed E-state index contributed by atoms with van der Waals surface area (Å²) in [5.74, 6) is 0.204. The van der Waals surface area contributed by atoms with Gasteiger partial charge in [0.1, 0.15) is 6.10 Å². The van der Waals surface area contributed by atoms with Gasteiger partial charge in [-0.25, -0.2) is 0 Å². The van der Waals surface area contributed by atoms with Gasteiger partial charge in [-0.2, -0.15) is 0 Å². The average molecular weight is 344 g/mol. The van der Waals surface area contributed by atoms with E-state index in [0.717, 1.165) is 18.4 Å². The molecule has 3 rings (SSSR count). The Labute approximate surface area is 151 Å². The van der Waals surface area contributed by atoms with Crippen LogP contribution in [0.5, 0.6) is 0 Å². The predicted molar refractivity (Wildman–Crippen MR) is 99.9 cm³/mol. The second-order valence-electron chi connectivity index (χ2n) is 9.10.